The second kappa shape index (κ2) is 7.16. The highest BCUT2D eigenvalue weighted by Gasteiger charge is 2.60. The molecule has 1 aromatic rings. The number of nitrogens with one attached hydrogen (secondary N) is 1. The van der Waals surface area contributed by atoms with E-state index in [-0.39, 0.29) is 24.4 Å². The Bertz CT molecular complexity index is 922. The van der Waals surface area contributed by atoms with Gasteiger partial charge in [-0.05, 0) is 61.5 Å². The van der Waals surface area contributed by atoms with Gasteiger partial charge in [-0.3, -0.25) is 9.78 Å². The Morgan fingerprint density at radius 1 is 1.22 bits per heavy atom. The van der Waals surface area contributed by atoms with Crippen LogP contribution < -0.4 is 5.32 Å². The number of hydrogen-bond donors (Lipinski definition) is 1. The molecule has 1 N–H and O–H groups in total. The summed E-state index contributed by atoms with van der Waals surface area (Å²) in [5.41, 5.74) is 0.115. The number of carbonyl (C=O) groups is 1. The van der Waals surface area contributed by atoms with Gasteiger partial charge in [0.05, 0.1) is 24.2 Å². The maximum absolute atomic E-state index is 13.7. The monoisotopic (exact) mass is 449 g/mol. The highest BCUT2D eigenvalue weighted by atomic mass is 19.4. The van der Waals surface area contributed by atoms with Crippen LogP contribution in [0.5, 0.6) is 0 Å². The number of halogens is 3. The first-order chi connectivity index (χ1) is 15.3. The summed E-state index contributed by atoms with van der Waals surface area (Å²) in [5.74, 6) is 1.47. The first kappa shape index (κ1) is 20.9. The number of pyridine rings is 1. The molecule has 8 heteroatoms. The van der Waals surface area contributed by atoms with Crippen LogP contribution in [0.1, 0.15) is 55.8 Å². The minimum Gasteiger partial charge on any atom is -0.381 e. The smallest absolute Gasteiger partial charge is 0.381 e. The minimum atomic E-state index is -4.42. The third-order valence-electron chi connectivity index (χ3n) is 9.23. The first-order valence-corrected chi connectivity index (χ1v) is 12.0. The van der Waals surface area contributed by atoms with Crippen LogP contribution in [0.25, 0.3) is 0 Å². The maximum atomic E-state index is 13.7. The number of carbonyl (C=O) groups excluding carboxylic acids is 1. The van der Waals surface area contributed by atoms with Crippen molar-refractivity contribution >= 4 is 5.91 Å². The summed E-state index contributed by atoms with van der Waals surface area (Å²) >= 11 is 0. The van der Waals surface area contributed by atoms with Crippen molar-refractivity contribution in [3.63, 3.8) is 0 Å². The SMILES string of the molecule is CC1C2Cc3ncc(C(F)(F)F)cc3CN2C(=O)[C@]12CC[C@@H](NC1C3CCC1COC3)C2. The zero-order valence-corrected chi connectivity index (χ0v) is 18.3. The predicted molar refractivity (Wildman–Crippen MR) is 110 cm³/mol. The lowest BCUT2D eigenvalue weighted by molar-refractivity contribution is -0.138. The van der Waals surface area contributed by atoms with E-state index in [0.29, 0.717) is 41.6 Å². The Hall–Kier alpha value is -1.67. The number of amides is 1. The van der Waals surface area contributed by atoms with Gasteiger partial charge in [-0.25, -0.2) is 0 Å². The van der Waals surface area contributed by atoms with Crippen LogP contribution >= 0.6 is 0 Å². The number of alkyl halides is 3. The fraction of sp³-hybridized carbons (Fsp3) is 0.750. The lowest BCUT2D eigenvalue weighted by Gasteiger charge is -2.34. The summed E-state index contributed by atoms with van der Waals surface area (Å²) in [6, 6.07) is 2.03. The Labute approximate surface area is 186 Å². The molecule has 2 saturated heterocycles. The van der Waals surface area contributed by atoms with E-state index >= 15 is 0 Å². The first-order valence-electron chi connectivity index (χ1n) is 12.0. The van der Waals surface area contributed by atoms with Gasteiger partial charge in [0.1, 0.15) is 0 Å². The summed E-state index contributed by atoms with van der Waals surface area (Å²) in [5, 5.41) is 3.91. The average Bonchev–Trinajstić information content (AvgIpc) is 3.33. The van der Waals surface area contributed by atoms with E-state index in [0.717, 1.165) is 38.7 Å². The Kier molecular flexibility index (Phi) is 4.68. The predicted octanol–water partition coefficient (Wildman–Crippen LogP) is 3.56. The summed E-state index contributed by atoms with van der Waals surface area (Å²) in [7, 11) is 0. The van der Waals surface area contributed by atoms with Gasteiger partial charge in [-0.2, -0.15) is 13.2 Å². The van der Waals surface area contributed by atoms with Crippen LogP contribution in [0.15, 0.2) is 12.3 Å². The standard InChI is InChI=1S/C24H30F3N3O2/c1-13-20-7-19-16(6-17(9-28-19)24(25,26)27)10-30(20)22(31)23(13)5-4-18(8-23)29-21-14-2-3-15(21)12-32-11-14/h6,9,13-15,18,20-21,29H,2-5,7-8,10-12H2,1H3/t13?,14?,15?,18-,20?,21?,23+/m1/s1. The molecule has 174 valence electrons. The van der Waals surface area contributed by atoms with E-state index in [4.69, 9.17) is 4.74 Å². The molecule has 2 saturated carbocycles. The van der Waals surface area contributed by atoms with Crippen LogP contribution in [-0.4, -0.2) is 47.1 Å². The summed E-state index contributed by atoms with van der Waals surface area (Å²) in [6.45, 7) is 4.08. The third-order valence-corrected chi connectivity index (χ3v) is 9.23. The topological polar surface area (TPSA) is 54.5 Å². The molecular formula is C24H30F3N3O2. The molecule has 3 aliphatic heterocycles. The van der Waals surface area contributed by atoms with Gasteiger partial charge < -0.3 is 15.0 Å². The second-order valence-electron chi connectivity index (χ2n) is 10.7. The molecule has 4 heterocycles. The number of rotatable bonds is 2. The van der Waals surface area contributed by atoms with Crippen LogP contribution in [0.3, 0.4) is 0 Å². The number of fused-ring (bicyclic) bond motifs is 4. The molecule has 0 aromatic carbocycles. The molecule has 1 amide bonds. The molecule has 2 bridgehead atoms. The van der Waals surface area contributed by atoms with Crippen molar-refractivity contribution in [3.05, 3.63) is 29.1 Å². The molecule has 4 unspecified atom stereocenters. The molecule has 0 radical (unpaired) electrons. The molecule has 1 spiro atoms. The lowest BCUT2D eigenvalue weighted by Crippen LogP contribution is -2.48. The fourth-order valence-electron chi connectivity index (χ4n) is 7.43. The lowest BCUT2D eigenvalue weighted by atomic mass is 9.73. The number of ether oxygens (including phenoxy) is 1. The zero-order chi connectivity index (χ0) is 22.3. The molecule has 4 fully saturated rings. The molecule has 5 aliphatic rings. The van der Waals surface area contributed by atoms with Crippen LogP contribution in [0, 0.1) is 23.2 Å². The number of nitrogens with zero attached hydrogens (tertiary/aromatic N) is 2. The highest BCUT2D eigenvalue weighted by Crippen LogP contribution is 2.55. The van der Waals surface area contributed by atoms with Crippen LogP contribution in [-0.2, 0) is 28.7 Å². The van der Waals surface area contributed by atoms with Gasteiger partial charge in [0, 0.05) is 43.0 Å². The van der Waals surface area contributed by atoms with Crippen LogP contribution in [0.2, 0.25) is 0 Å². The van der Waals surface area contributed by atoms with Crippen molar-refractivity contribution in [3.8, 4) is 0 Å². The van der Waals surface area contributed by atoms with E-state index in [1.807, 2.05) is 4.90 Å². The van der Waals surface area contributed by atoms with Gasteiger partial charge >= 0.3 is 6.18 Å². The summed E-state index contributed by atoms with van der Waals surface area (Å²) < 4.78 is 45.2. The zero-order valence-electron chi connectivity index (χ0n) is 18.3. The second-order valence-corrected chi connectivity index (χ2v) is 10.7. The number of aromatic nitrogens is 1. The van der Waals surface area contributed by atoms with Gasteiger partial charge in [-0.15, -0.1) is 0 Å². The maximum Gasteiger partial charge on any atom is 0.417 e. The number of hydrogen-bond acceptors (Lipinski definition) is 4. The largest absolute Gasteiger partial charge is 0.417 e. The summed E-state index contributed by atoms with van der Waals surface area (Å²) in [6.07, 6.45) is 2.16. The van der Waals surface area contributed by atoms with E-state index in [9.17, 15) is 18.0 Å². The Morgan fingerprint density at radius 2 is 1.97 bits per heavy atom. The molecule has 2 aliphatic carbocycles. The van der Waals surface area contributed by atoms with Gasteiger partial charge in [-0.1, -0.05) is 6.92 Å². The average molecular weight is 450 g/mol. The molecular weight excluding hydrogens is 419 g/mol. The highest BCUT2D eigenvalue weighted by molar-refractivity contribution is 5.87. The fourth-order valence-corrected chi connectivity index (χ4v) is 7.43. The molecule has 5 nitrogen and oxygen atoms in total. The van der Waals surface area contributed by atoms with Gasteiger partial charge in [0.2, 0.25) is 5.91 Å². The molecule has 32 heavy (non-hydrogen) atoms. The van der Waals surface area contributed by atoms with E-state index in [1.54, 1.807) is 0 Å². The van der Waals surface area contributed by atoms with Gasteiger partial charge in [0.15, 0.2) is 0 Å². The van der Waals surface area contributed by atoms with E-state index in [1.165, 1.54) is 18.9 Å². The Balaban J connectivity index is 1.20. The molecule has 6 rings (SSSR count). The molecule has 1 aromatic heterocycles. The summed E-state index contributed by atoms with van der Waals surface area (Å²) in [4.78, 5) is 19.7. The van der Waals surface area contributed by atoms with Crippen LogP contribution in [0.4, 0.5) is 13.2 Å². The van der Waals surface area contributed by atoms with Crippen molar-refractivity contribution in [1.82, 2.24) is 15.2 Å². The van der Waals surface area contributed by atoms with Crippen molar-refractivity contribution in [1.29, 1.82) is 0 Å². The molecule has 6 atom stereocenters. The van der Waals surface area contributed by atoms with Crippen molar-refractivity contribution in [2.24, 2.45) is 23.2 Å². The van der Waals surface area contributed by atoms with E-state index < -0.39 is 17.2 Å². The van der Waals surface area contributed by atoms with E-state index in [2.05, 4.69) is 17.2 Å². The minimum absolute atomic E-state index is 0.0252. The third kappa shape index (κ3) is 3.05. The quantitative estimate of drug-likeness (QED) is 0.750. The van der Waals surface area contributed by atoms with Gasteiger partial charge in [0.25, 0.3) is 0 Å². The van der Waals surface area contributed by atoms with Crippen molar-refractivity contribution in [2.75, 3.05) is 13.2 Å². The van der Waals surface area contributed by atoms with Crippen molar-refractivity contribution < 1.29 is 22.7 Å². The van der Waals surface area contributed by atoms with Crippen molar-refractivity contribution in [2.45, 2.75) is 76.3 Å². The Morgan fingerprint density at radius 3 is 2.69 bits per heavy atom. The normalized spacial score (nSPS) is 40.8.